The lowest BCUT2D eigenvalue weighted by molar-refractivity contribution is -0.142. The van der Waals surface area contributed by atoms with Gasteiger partial charge in [0, 0.05) is 48.7 Å². The number of nitrogens with zero attached hydrogens (tertiary/aromatic N) is 4. The zero-order valence-corrected chi connectivity index (χ0v) is 23.6. The van der Waals surface area contributed by atoms with Crippen molar-refractivity contribution in [2.24, 2.45) is 5.92 Å². The summed E-state index contributed by atoms with van der Waals surface area (Å²) in [7, 11) is 0. The first-order chi connectivity index (χ1) is 20.2. The maximum Gasteiger partial charge on any atom is 0.334 e. The van der Waals surface area contributed by atoms with E-state index in [0.29, 0.717) is 42.1 Å². The number of urea groups is 1. The Morgan fingerprint density at radius 1 is 1.12 bits per heavy atom. The number of amides is 2. The Morgan fingerprint density at radius 3 is 2.48 bits per heavy atom. The molecule has 2 aromatic carbocycles. The first-order valence-corrected chi connectivity index (χ1v) is 14.1. The lowest BCUT2D eigenvalue weighted by atomic mass is 9.86. The van der Waals surface area contributed by atoms with Crippen LogP contribution in [-0.4, -0.2) is 47.8 Å². The number of pyridine rings is 1. The van der Waals surface area contributed by atoms with E-state index in [-0.39, 0.29) is 41.3 Å². The van der Waals surface area contributed by atoms with Gasteiger partial charge in [-0.2, -0.15) is 5.26 Å². The van der Waals surface area contributed by atoms with Gasteiger partial charge in [-0.1, -0.05) is 17.7 Å². The van der Waals surface area contributed by atoms with E-state index in [1.165, 1.54) is 17.2 Å². The number of rotatable bonds is 8. The number of carboxylic acid groups (broad SMARTS) is 1. The number of carbonyl (C=O) groups is 2. The molecule has 1 fully saturated rings. The molecule has 12 heteroatoms. The molecule has 2 heterocycles. The summed E-state index contributed by atoms with van der Waals surface area (Å²) in [6.45, 7) is 2.77. The smallest absolute Gasteiger partial charge is 0.334 e. The normalized spacial score (nSPS) is 18.1. The minimum absolute atomic E-state index is 0.126. The van der Waals surface area contributed by atoms with Gasteiger partial charge in [0.15, 0.2) is 11.6 Å². The van der Waals surface area contributed by atoms with Crippen LogP contribution in [0.3, 0.4) is 0 Å². The highest BCUT2D eigenvalue weighted by Gasteiger charge is 2.36. The summed E-state index contributed by atoms with van der Waals surface area (Å²) in [4.78, 5) is 31.6. The number of hydrogen-bond donors (Lipinski definition) is 3. The Hall–Kier alpha value is -4.27. The third kappa shape index (κ3) is 5.73. The zero-order chi connectivity index (χ0) is 30.0. The third-order valence-electron chi connectivity index (χ3n) is 7.69. The van der Waals surface area contributed by atoms with Crippen LogP contribution in [0.15, 0.2) is 42.6 Å². The van der Waals surface area contributed by atoms with E-state index in [9.17, 15) is 14.9 Å². The second kappa shape index (κ2) is 12.3. The summed E-state index contributed by atoms with van der Waals surface area (Å²) in [5.74, 6) is -2.71. The van der Waals surface area contributed by atoms with Gasteiger partial charge in [-0.15, -0.1) is 0 Å². The highest BCUT2D eigenvalue weighted by atomic mass is 35.5. The van der Waals surface area contributed by atoms with Gasteiger partial charge in [-0.05, 0) is 62.9 Å². The molecule has 2 aliphatic rings. The fraction of sp³-hybridized carbons (Fsp3) is 0.333. The summed E-state index contributed by atoms with van der Waals surface area (Å²) >= 11 is 6.23. The van der Waals surface area contributed by atoms with E-state index in [1.54, 1.807) is 25.1 Å². The first kappa shape index (κ1) is 29.2. The number of nitrogens with one attached hydrogen (secondary N) is 2. The van der Waals surface area contributed by atoms with Gasteiger partial charge in [-0.25, -0.2) is 18.6 Å². The molecule has 9 nitrogen and oxygen atoms in total. The average molecular weight is 595 g/mol. The summed E-state index contributed by atoms with van der Waals surface area (Å²) in [5, 5.41) is 25.4. The molecule has 0 spiro atoms. The number of carbonyl (C=O) groups excluding carboxylic acids is 1. The lowest BCUT2D eigenvalue weighted by Crippen LogP contribution is -2.41. The van der Waals surface area contributed by atoms with E-state index < -0.39 is 29.3 Å². The van der Waals surface area contributed by atoms with E-state index >= 15 is 8.78 Å². The van der Waals surface area contributed by atoms with Crippen LogP contribution in [0.25, 0.3) is 11.1 Å². The molecule has 218 valence electrons. The standard InChI is InChI=1S/C30H29ClF2N6O3/c1-2-38-28-23(12-19(31)16-37-28)22-8-3-17(15-34)11-26(22)39(30(38)42)27-24(32)13-21(14-25(27)33)36-10-9-35-20-6-4-18(5-7-20)29(40)41/h3,8,11-14,16,18,20,35-36H,2,4-7,9-10H2,1H3,(H,40,41). The molecule has 3 N–H and O–H groups in total. The van der Waals surface area contributed by atoms with Crippen molar-refractivity contribution in [2.75, 3.05) is 34.8 Å². The fourth-order valence-corrected chi connectivity index (χ4v) is 5.74. The molecule has 1 aliphatic carbocycles. The Kier molecular flexibility index (Phi) is 8.56. The zero-order valence-electron chi connectivity index (χ0n) is 22.8. The Balaban J connectivity index is 1.41. The van der Waals surface area contributed by atoms with Crippen molar-refractivity contribution in [3.8, 4) is 17.2 Å². The van der Waals surface area contributed by atoms with Crippen LogP contribution >= 0.6 is 11.6 Å². The van der Waals surface area contributed by atoms with Crippen LogP contribution in [0.2, 0.25) is 5.02 Å². The minimum Gasteiger partial charge on any atom is -0.481 e. The summed E-state index contributed by atoms with van der Waals surface area (Å²) in [5.41, 5.74) is 0.877. The highest BCUT2D eigenvalue weighted by molar-refractivity contribution is 6.31. The van der Waals surface area contributed by atoms with Crippen LogP contribution in [0, 0.1) is 28.9 Å². The SMILES string of the molecule is CCN1C(=O)N(c2c(F)cc(NCCNC3CCC(C(=O)O)CC3)cc2F)c2cc(C#N)ccc2-c2cc(Cl)cnc21. The van der Waals surface area contributed by atoms with Crippen LogP contribution in [0.5, 0.6) is 0 Å². The topological polar surface area (TPSA) is 122 Å². The molecule has 5 rings (SSSR count). The predicted molar refractivity (Wildman–Crippen MR) is 156 cm³/mol. The number of benzene rings is 2. The average Bonchev–Trinajstić information content (AvgIpc) is 3.07. The Labute approximate surface area is 246 Å². The van der Waals surface area contributed by atoms with Crippen molar-refractivity contribution in [1.82, 2.24) is 10.3 Å². The van der Waals surface area contributed by atoms with E-state index in [2.05, 4.69) is 15.6 Å². The van der Waals surface area contributed by atoms with Gasteiger partial charge in [0.25, 0.3) is 0 Å². The number of halogens is 3. The fourth-order valence-electron chi connectivity index (χ4n) is 5.58. The van der Waals surface area contributed by atoms with Crippen molar-refractivity contribution in [2.45, 2.75) is 38.6 Å². The van der Waals surface area contributed by atoms with Gasteiger partial charge in [-0.3, -0.25) is 14.6 Å². The van der Waals surface area contributed by atoms with E-state index in [4.69, 9.17) is 16.7 Å². The van der Waals surface area contributed by atoms with Crippen LogP contribution < -0.4 is 20.4 Å². The summed E-state index contributed by atoms with van der Waals surface area (Å²) < 4.78 is 31.5. The maximum atomic E-state index is 15.7. The molecule has 0 bridgehead atoms. The molecule has 2 amide bonds. The monoisotopic (exact) mass is 594 g/mol. The number of aromatic nitrogens is 1. The molecule has 0 unspecified atom stereocenters. The third-order valence-corrected chi connectivity index (χ3v) is 7.90. The number of aliphatic carboxylic acids is 1. The highest BCUT2D eigenvalue weighted by Crippen LogP contribution is 2.45. The molecule has 0 atom stereocenters. The number of nitriles is 1. The van der Waals surface area contributed by atoms with Crippen LogP contribution in [0.1, 0.15) is 38.2 Å². The molecular formula is C30H29ClF2N6O3. The number of fused-ring (bicyclic) bond motifs is 3. The second-order valence-corrected chi connectivity index (χ2v) is 10.7. The van der Waals surface area contributed by atoms with Gasteiger partial charge in [0.05, 0.1) is 28.3 Å². The van der Waals surface area contributed by atoms with Gasteiger partial charge < -0.3 is 15.7 Å². The molecule has 42 heavy (non-hydrogen) atoms. The summed E-state index contributed by atoms with van der Waals surface area (Å²) in [6, 6.07) is 9.94. The number of hydrogen-bond acceptors (Lipinski definition) is 6. The Morgan fingerprint density at radius 2 is 1.83 bits per heavy atom. The minimum atomic E-state index is -0.966. The predicted octanol–water partition coefficient (Wildman–Crippen LogP) is 6.29. The molecular weight excluding hydrogens is 566 g/mol. The van der Waals surface area contributed by atoms with Crippen molar-refractivity contribution < 1.29 is 23.5 Å². The van der Waals surface area contributed by atoms with Crippen molar-refractivity contribution >= 4 is 46.5 Å². The largest absolute Gasteiger partial charge is 0.481 e. The van der Waals surface area contributed by atoms with Crippen molar-refractivity contribution in [3.63, 3.8) is 0 Å². The molecule has 0 radical (unpaired) electrons. The molecule has 0 saturated heterocycles. The van der Waals surface area contributed by atoms with E-state index in [1.807, 2.05) is 6.07 Å². The van der Waals surface area contributed by atoms with Crippen molar-refractivity contribution in [3.05, 3.63) is 64.8 Å². The van der Waals surface area contributed by atoms with Crippen molar-refractivity contribution in [1.29, 1.82) is 5.26 Å². The molecule has 1 saturated carbocycles. The molecule has 3 aromatic rings. The summed E-state index contributed by atoms with van der Waals surface area (Å²) in [6.07, 6.45) is 4.15. The molecule has 1 aliphatic heterocycles. The number of carboxylic acids is 1. The van der Waals surface area contributed by atoms with E-state index in [0.717, 1.165) is 29.9 Å². The van der Waals surface area contributed by atoms with Crippen LogP contribution in [-0.2, 0) is 4.79 Å². The molecule has 1 aromatic heterocycles. The number of anilines is 4. The quantitative estimate of drug-likeness (QED) is 0.262. The second-order valence-electron chi connectivity index (χ2n) is 10.3. The van der Waals surface area contributed by atoms with Crippen LogP contribution in [0.4, 0.5) is 36.5 Å². The van der Waals surface area contributed by atoms with Gasteiger partial charge in [0.2, 0.25) is 0 Å². The lowest BCUT2D eigenvalue weighted by Gasteiger charge is -2.28. The Bertz CT molecular complexity index is 1550. The maximum absolute atomic E-state index is 15.7. The first-order valence-electron chi connectivity index (χ1n) is 13.7. The van der Waals surface area contributed by atoms with Gasteiger partial charge >= 0.3 is 12.0 Å². The van der Waals surface area contributed by atoms with Gasteiger partial charge in [0.1, 0.15) is 11.5 Å².